The van der Waals surface area contributed by atoms with E-state index < -0.39 is 0 Å². The number of amides is 1. The molecule has 0 radical (unpaired) electrons. The first-order chi connectivity index (χ1) is 8.88. The Morgan fingerprint density at radius 3 is 2.63 bits per heavy atom. The van der Waals surface area contributed by atoms with Crippen molar-refractivity contribution in [3.63, 3.8) is 0 Å². The number of carbonyl (C=O) groups is 1. The van der Waals surface area contributed by atoms with E-state index in [0.717, 1.165) is 5.56 Å². The van der Waals surface area contributed by atoms with Gasteiger partial charge in [-0.05, 0) is 44.4 Å². The molecule has 19 heavy (non-hydrogen) atoms. The Hall–Kier alpha value is -0.770. The Kier molecular flexibility index (Phi) is 6.63. The van der Waals surface area contributed by atoms with Crippen LogP contribution in [-0.2, 0) is 11.2 Å². The molecule has 2 unspecified atom stereocenters. The van der Waals surface area contributed by atoms with E-state index in [1.54, 1.807) is 12.1 Å². The summed E-state index contributed by atoms with van der Waals surface area (Å²) in [7, 11) is 0. The molecule has 106 valence electrons. The molecule has 1 rings (SSSR count). The van der Waals surface area contributed by atoms with Gasteiger partial charge in [-0.15, -0.1) is 0 Å². The summed E-state index contributed by atoms with van der Waals surface area (Å²) in [6.45, 7) is 3.85. The van der Waals surface area contributed by atoms with Gasteiger partial charge in [0.15, 0.2) is 0 Å². The van der Waals surface area contributed by atoms with Crippen molar-refractivity contribution in [3.8, 4) is 0 Å². The van der Waals surface area contributed by atoms with E-state index >= 15 is 0 Å². The molecule has 0 aliphatic heterocycles. The Bertz CT molecular complexity index is 435. The van der Waals surface area contributed by atoms with Gasteiger partial charge in [0.05, 0.1) is 0 Å². The quantitative estimate of drug-likeness (QED) is 0.848. The molecule has 3 nitrogen and oxygen atoms in total. The summed E-state index contributed by atoms with van der Waals surface area (Å²) in [6, 6.07) is 5.47. The van der Waals surface area contributed by atoms with Gasteiger partial charge >= 0.3 is 0 Å². The third-order valence-corrected chi connectivity index (χ3v) is 3.36. The van der Waals surface area contributed by atoms with Crippen LogP contribution < -0.4 is 11.1 Å². The number of rotatable bonds is 6. The van der Waals surface area contributed by atoms with Crippen LogP contribution in [0.5, 0.6) is 0 Å². The van der Waals surface area contributed by atoms with E-state index in [9.17, 15) is 4.79 Å². The molecular formula is C14H20Cl2N2O. The molecule has 5 heteroatoms. The van der Waals surface area contributed by atoms with E-state index in [4.69, 9.17) is 28.9 Å². The fraction of sp³-hybridized carbons (Fsp3) is 0.500. The van der Waals surface area contributed by atoms with Gasteiger partial charge < -0.3 is 11.1 Å². The van der Waals surface area contributed by atoms with Crippen LogP contribution in [0.1, 0.15) is 32.3 Å². The van der Waals surface area contributed by atoms with Crippen molar-refractivity contribution in [2.75, 3.05) is 0 Å². The van der Waals surface area contributed by atoms with Crippen molar-refractivity contribution < 1.29 is 4.79 Å². The summed E-state index contributed by atoms with van der Waals surface area (Å²) < 4.78 is 0. The topological polar surface area (TPSA) is 55.1 Å². The minimum atomic E-state index is 0.0230. The van der Waals surface area contributed by atoms with Crippen molar-refractivity contribution >= 4 is 29.1 Å². The number of nitrogens with one attached hydrogen (secondary N) is 1. The average molecular weight is 303 g/mol. The summed E-state index contributed by atoms with van der Waals surface area (Å²) in [5, 5.41) is 4.18. The first-order valence-corrected chi connectivity index (χ1v) is 7.13. The Morgan fingerprint density at radius 1 is 1.37 bits per heavy atom. The molecule has 2 atom stereocenters. The van der Waals surface area contributed by atoms with Crippen molar-refractivity contribution in [1.29, 1.82) is 0 Å². The Labute approximate surface area is 124 Å². The molecule has 0 saturated heterocycles. The molecule has 0 fully saturated rings. The van der Waals surface area contributed by atoms with Crippen LogP contribution in [-0.4, -0.2) is 18.0 Å². The fourth-order valence-electron chi connectivity index (χ4n) is 1.77. The van der Waals surface area contributed by atoms with Gasteiger partial charge in [-0.1, -0.05) is 29.3 Å². The molecule has 1 aromatic rings. The van der Waals surface area contributed by atoms with E-state index in [1.165, 1.54) is 0 Å². The highest BCUT2D eigenvalue weighted by atomic mass is 35.5. The lowest BCUT2D eigenvalue weighted by Gasteiger charge is -2.15. The van der Waals surface area contributed by atoms with Gasteiger partial charge in [-0.3, -0.25) is 4.79 Å². The Morgan fingerprint density at radius 2 is 2.05 bits per heavy atom. The van der Waals surface area contributed by atoms with Gasteiger partial charge in [0.1, 0.15) is 0 Å². The third kappa shape index (κ3) is 6.28. The average Bonchev–Trinajstić information content (AvgIpc) is 2.30. The maximum atomic E-state index is 11.7. The highest BCUT2D eigenvalue weighted by Crippen LogP contribution is 2.22. The van der Waals surface area contributed by atoms with E-state index in [1.807, 2.05) is 19.9 Å². The second-order valence-electron chi connectivity index (χ2n) is 4.92. The van der Waals surface area contributed by atoms with Gasteiger partial charge in [0.2, 0.25) is 5.91 Å². The SMILES string of the molecule is CC(N)CCC(=O)NC(C)Cc1ccc(Cl)cc1Cl. The monoisotopic (exact) mass is 302 g/mol. The van der Waals surface area contributed by atoms with Crippen LogP contribution in [0.2, 0.25) is 10.0 Å². The van der Waals surface area contributed by atoms with Crippen molar-refractivity contribution in [3.05, 3.63) is 33.8 Å². The molecular weight excluding hydrogens is 283 g/mol. The number of carbonyl (C=O) groups excluding carboxylic acids is 1. The molecule has 1 amide bonds. The second-order valence-corrected chi connectivity index (χ2v) is 5.77. The largest absolute Gasteiger partial charge is 0.353 e. The van der Waals surface area contributed by atoms with Crippen LogP contribution in [0.4, 0.5) is 0 Å². The first-order valence-electron chi connectivity index (χ1n) is 6.37. The number of benzene rings is 1. The predicted octanol–water partition coefficient (Wildman–Crippen LogP) is 3.17. The minimum absolute atomic E-state index is 0.0230. The summed E-state index contributed by atoms with van der Waals surface area (Å²) in [5.74, 6) is 0.0230. The number of hydrogen-bond donors (Lipinski definition) is 2. The second kappa shape index (κ2) is 7.73. The van der Waals surface area contributed by atoms with Gasteiger partial charge in [0, 0.05) is 28.5 Å². The first kappa shape index (κ1) is 16.3. The maximum Gasteiger partial charge on any atom is 0.220 e. The van der Waals surface area contributed by atoms with Crippen LogP contribution in [0.15, 0.2) is 18.2 Å². The van der Waals surface area contributed by atoms with Crippen LogP contribution in [0, 0.1) is 0 Å². The molecule has 0 heterocycles. The number of halogens is 2. The zero-order valence-corrected chi connectivity index (χ0v) is 12.8. The molecule has 0 spiro atoms. The third-order valence-electron chi connectivity index (χ3n) is 2.78. The molecule has 3 N–H and O–H groups in total. The molecule has 0 saturated carbocycles. The number of nitrogens with two attached hydrogens (primary N) is 1. The predicted molar refractivity (Wildman–Crippen MR) is 80.7 cm³/mol. The fourth-order valence-corrected chi connectivity index (χ4v) is 2.26. The summed E-state index contributed by atoms with van der Waals surface area (Å²) in [4.78, 5) is 11.7. The minimum Gasteiger partial charge on any atom is -0.353 e. The van der Waals surface area contributed by atoms with Gasteiger partial charge in [0.25, 0.3) is 0 Å². The van der Waals surface area contributed by atoms with Gasteiger partial charge in [-0.25, -0.2) is 0 Å². The lowest BCUT2D eigenvalue weighted by Crippen LogP contribution is -2.34. The summed E-state index contributed by atoms with van der Waals surface area (Å²) >= 11 is 11.9. The lowest BCUT2D eigenvalue weighted by atomic mass is 10.1. The maximum absolute atomic E-state index is 11.7. The normalized spacial score (nSPS) is 13.9. The molecule has 0 aliphatic rings. The Balaban J connectivity index is 2.46. The van der Waals surface area contributed by atoms with E-state index in [2.05, 4.69) is 5.32 Å². The number of hydrogen-bond acceptors (Lipinski definition) is 2. The van der Waals surface area contributed by atoms with Crippen molar-refractivity contribution in [2.24, 2.45) is 5.73 Å². The van der Waals surface area contributed by atoms with E-state index in [0.29, 0.717) is 29.3 Å². The van der Waals surface area contributed by atoms with Crippen LogP contribution in [0.25, 0.3) is 0 Å². The van der Waals surface area contributed by atoms with Crippen molar-refractivity contribution in [1.82, 2.24) is 5.32 Å². The van der Waals surface area contributed by atoms with Gasteiger partial charge in [-0.2, -0.15) is 0 Å². The molecule has 1 aromatic carbocycles. The van der Waals surface area contributed by atoms with Crippen molar-refractivity contribution in [2.45, 2.75) is 45.2 Å². The standard InChI is InChI=1S/C14H20Cl2N2O/c1-9(17)3-6-14(19)18-10(2)7-11-4-5-12(15)8-13(11)16/h4-5,8-10H,3,6-7,17H2,1-2H3,(H,18,19). The summed E-state index contributed by atoms with van der Waals surface area (Å²) in [5.41, 5.74) is 6.60. The van der Waals surface area contributed by atoms with Crippen LogP contribution >= 0.6 is 23.2 Å². The van der Waals surface area contributed by atoms with E-state index in [-0.39, 0.29) is 18.0 Å². The molecule has 0 bridgehead atoms. The summed E-state index contributed by atoms with van der Waals surface area (Å²) in [6.07, 6.45) is 1.83. The smallest absolute Gasteiger partial charge is 0.220 e. The zero-order chi connectivity index (χ0) is 14.4. The van der Waals surface area contributed by atoms with Crippen LogP contribution in [0.3, 0.4) is 0 Å². The molecule has 0 aliphatic carbocycles. The highest BCUT2D eigenvalue weighted by Gasteiger charge is 2.11. The highest BCUT2D eigenvalue weighted by molar-refractivity contribution is 6.35. The lowest BCUT2D eigenvalue weighted by molar-refractivity contribution is -0.121. The molecule has 0 aromatic heterocycles. The zero-order valence-electron chi connectivity index (χ0n) is 11.2.